The van der Waals surface area contributed by atoms with E-state index in [-0.39, 0.29) is 70.1 Å². The van der Waals surface area contributed by atoms with Crippen molar-refractivity contribution in [3.63, 3.8) is 0 Å². The topological polar surface area (TPSA) is 77.8 Å². The van der Waals surface area contributed by atoms with Crippen LogP contribution in [0.5, 0.6) is 0 Å². The molecular weight excluding hydrogens is 269 g/mol. The molecule has 0 fully saturated rings. The van der Waals surface area contributed by atoms with Crippen LogP contribution in [0.25, 0.3) is 0 Å². The fourth-order valence-electron chi connectivity index (χ4n) is 0. The number of hydrogen-bond acceptors (Lipinski definition) is 1. The van der Waals surface area contributed by atoms with E-state index in [0.717, 1.165) is 0 Å². The van der Waals surface area contributed by atoms with Crippen molar-refractivity contribution in [3.8, 4) is 0 Å². The molecule has 0 spiro atoms. The van der Waals surface area contributed by atoms with Gasteiger partial charge in [-0.25, -0.2) is 4.57 Å². The largest absolute Gasteiger partial charge is 0 e. The Labute approximate surface area is 96.4 Å². The SMILES string of the molecule is O=P(O)(O)O.[Fe].[Fe].[LiH].[Mn]. The molecule has 9 heavy (non-hydrogen) atoms. The van der Waals surface area contributed by atoms with Gasteiger partial charge in [-0.3, -0.25) is 0 Å². The van der Waals surface area contributed by atoms with Crippen LogP contribution in [0.15, 0.2) is 0 Å². The van der Waals surface area contributed by atoms with Gasteiger partial charge in [-0.2, -0.15) is 0 Å². The number of phosphoric acid groups is 1. The monoisotopic (exact) mass is 273 g/mol. The van der Waals surface area contributed by atoms with Crippen LogP contribution in [0, 0.1) is 0 Å². The Morgan fingerprint density at radius 3 is 1.00 bits per heavy atom. The molecule has 1 radical (unpaired) electrons. The molecule has 0 atom stereocenters. The molecule has 0 bridgehead atoms. The average Bonchev–Trinajstić information content (AvgIpc) is 0.722. The third-order valence-electron chi connectivity index (χ3n) is 0. The summed E-state index contributed by atoms with van der Waals surface area (Å²) in [5, 5.41) is 0. The van der Waals surface area contributed by atoms with Crippen LogP contribution < -0.4 is 0 Å². The van der Waals surface area contributed by atoms with Crippen LogP contribution in [0.4, 0.5) is 0 Å². The summed E-state index contributed by atoms with van der Waals surface area (Å²) in [7, 11) is -4.64. The number of hydrogen-bond donors (Lipinski definition) is 3. The molecule has 0 aliphatic rings. The molecule has 0 rings (SSSR count). The Kier molecular flexibility index (Phi) is 43.3. The van der Waals surface area contributed by atoms with E-state index in [1.165, 1.54) is 0 Å². The van der Waals surface area contributed by atoms with Gasteiger partial charge in [0.15, 0.2) is 0 Å². The van der Waals surface area contributed by atoms with Gasteiger partial charge in [0, 0.05) is 51.2 Å². The predicted octanol–water partition coefficient (Wildman–Crippen LogP) is -1.58. The van der Waals surface area contributed by atoms with E-state index in [1.807, 2.05) is 0 Å². The summed E-state index contributed by atoms with van der Waals surface area (Å²) in [6, 6.07) is 0. The van der Waals surface area contributed by atoms with Crippen LogP contribution in [0.2, 0.25) is 0 Å². The summed E-state index contributed by atoms with van der Waals surface area (Å²) in [6.07, 6.45) is 0. The molecule has 3 N–H and O–H groups in total. The Morgan fingerprint density at radius 1 is 1.00 bits per heavy atom. The van der Waals surface area contributed by atoms with E-state index < -0.39 is 7.82 Å². The van der Waals surface area contributed by atoms with Crippen molar-refractivity contribution in [1.82, 2.24) is 0 Å². The molecule has 0 aromatic heterocycles. The van der Waals surface area contributed by atoms with Crippen LogP contribution >= 0.6 is 7.82 Å². The van der Waals surface area contributed by atoms with Gasteiger partial charge in [-0.05, 0) is 0 Å². The summed E-state index contributed by atoms with van der Waals surface area (Å²) in [4.78, 5) is 21.6. The Morgan fingerprint density at radius 2 is 1.00 bits per heavy atom. The minimum Gasteiger partial charge on any atom is 0 e. The second-order valence-electron chi connectivity index (χ2n) is 0.513. The molecule has 57 valence electrons. The fraction of sp³-hybridized carbons (Fsp3) is 0. The molecule has 0 saturated carbocycles. The van der Waals surface area contributed by atoms with Crippen LogP contribution in [-0.2, 0) is 55.8 Å². The van der Waals surface area contributed by atoms with E-state index in [4.69, 9.17) is 19.2 Å². The van der Waals surface area contributed by atoms with E-state index in [1.54, 1.807) is 0 Å². The molecule has 0 aromatic rings. The smallest absolute Gasteiger partial charge is 0 e. The van der Waals surface area contributed by atoms with E-state index in [2.05, 4.69) is 0 Å². The minimum atomic E-state index is -4.64. The van der Waals surface area contributed by atoms with Gasteiger partial charge in [0.25, 0.3) is 0 Å². The van der Waals surface area contributed by atoms with Gasteiger partial charge < -0.3 is 14.7 Å². The first-order valence-corrected chi connectivity index (χ1v) is 2.35. The van der Waals surface area contributed by atoms with Crippen molar-refractivity contribution >= 4 is 26.7 Å². The first kappa shape index (κ1) is 30.2. The third-order valence-corrected chi connectivity index (χ3v) is 0. The van der Waals surface area contributed by atoms with Gasteiger partial charge in [0.05, 0.1) is 0 Å². The molecule has 0 aliphatic carbocycles. The standard InChI is InChI=1S/2Fe.Li.Mn.H3O4P.H/c;;;;1-5(2,3)4;/h;;;;(H3,1,2,3,4);. The normalized spacial score (nSPS) is 6.56. The molecule has 0 unspecified atom stereocenters. The first-order valence-electron chi connectivity index (χ1n) is 0.783. The quantitative estimate of drug-likeness (QED) is 0.367. The average molecular weight is 273 g/mol. The molecular formula is H4Fe2LiMnO4P. The summed E-state index contributed by atoms with van der Waals surface area (Å²) < 4.78 is 8.88. The van der Waals surface area contributed by atoms with Crippen molar-refractivity contribution in [2.24, 2.45) is 0 Å². The van der Waals surface area contributed by atoms with Gasteiger partial charge in [-0.1, -0.05) is 0 Å². The van der Waals surface area contributed by atoms with Crippen LogP contribution in [0.1, 0.15) is 0 Å². The second-order valence-corrected chi connectivity index (χ2v) is 1.54. The van der Waals surface area contributed by atoms with E-state index in [9.17, 15) is 0 Å². The Bertz CT molecular complexity index is 64.7. The predicted molar refractivity (Wildman–Crippen MR) is 21.4 cm³/mol. The second kappa shape index (κ2) is 12.9. The zero-order chi connectivity index (χ0) is 4.50. The molecule has 0 saturated heterocycles. The summed E-state index contributed by atoms with van der Waals surface area (Å²) >= 11 is 0. The van der Waals surface area contributed by atoms with Crippen molar-refractivity contribution < 1.29 is 70.5 Å². The molecule has 0 aromatic carbocycles. The third kappa shape index (κ3) is 137. The zero-order valence-electron chi connectivity index (χ0n) is 3.28. The van der Waals surface area contributed by atoms with Gasteiger partial charge >= 0.3 is 26.7 Å². The molecule has 0 amide bonds. The molecule has 0 heterocycles. The zero-order valence-corrected chi connectivity index (χ0v) is 7.57. The van der Waals surface area contributed by atoms with Crippen molar-refractivity contribution in [2.45, 2.75) is 0 Å². The van der Waals surface area contributed by atoms with Crippen LogP contribution in [0.3, 0.4) is 0 Å². The van der Waals surface area contributed by atoms with E-state index >= 15 is 0 Å². The van der Waals surface area contributed by atoms with Gasteiger partial charge in [0.2, 0.25) is 0 Å². The maximum atomic E-state index is 8.88. The van der Waals surface area contributed by atoms with Crippen molar-refractivity contribution in [1.29, 1.82) is 0 Å². The molecule has 0 aliphatic heterocycles. The van der Waals surface area contributed by atoms with Crippen molar-refractivity contribution in [2.75, 3.05) is 0 Å². The maximum Gasteiger partial charge on any atom is 0 e. The maximum absolute atomic E-state index is 8.88. The molecule has 4 nitrogen and oxygen atoms in total. The summed E-state index contributed by atoms with van der Waals surface area (Å²) in [5.41, 5.74) is 0. The minimum absolute atomic E-state index is 0. The van der Waals surface area contributed by atoms with Crippen molar-refractivity contribution in [3.05, 3.63) is 0 Å². The fourth-order valence-corrected chi connectivity index (χ4v) is 0. The Hall–Kier alpha value is 2.27. The van der Waals surface area contributed by atoms with Gasteiger partial charge in [0.1, 0.15) is 0 Å². The molecule has 9 heteroatoms. The first-order chi connectivity index (χ1) is 2.00. The number of rotatable bonds is 0. The van der Waals surface area contributed by atoms with Gasteiger partial charge in [-0.15, -0.1) is 0 Å². The van der Waals surface area contributed by atoms with E-state index in [0.29, 0.717) is 0 Å². The summed E-state index contributed by atoms with van der Waals surface area (Å²) in [5.74, 6) is 0. The van der Waals surface area contributed by atoms with Crippen LogP contribution in [-0.4, -0.2) is 33.5 Å². The Balaban J connectivity index is -0.0000000133. The summed E-state index contributed by atoms with van der Waals surface area (Å²) in [6.45, 7) is 0.